The van der Waals surface area contributed by atoms with Crippen molar-refractivity contribution in [2.24, 2.45) is 0 Å². The lowest BCUT2D eigenvalue weighted by molar-refractivity contribution is -0.123. The fourth-order valence-electron chi connectivity index (χ4n) is 3.19. The Morgan fingerprint density at radius 1 is 0.963 bits per heavy atom. The summed E-state index contributed by atoms with van der Waals surface area (Å²) in [6.45, 7) is 2.02. The van der Waals surface area contributed by atoms with Gasteiger partial charge in [-0.25, -0.2) is 4.39 Å². The van der Waals surface area contributed by atoms with Crippen LogP contribution in [0.15, 0.2) is 48.5 Å². The summed E-state index contributed by atoms with van der Waals surface area (Å²) >= 11 is 0. The molecule has 142 valence electrons. The Balaban J connectivity index is 1.44. The quantitative estimate of drug-likeness (QED) is 0.822. The van der Waals surface area contributed by atoms with Gasteiger partial charge in [0.05, 0.1) is 13.0 Å². The van der Waals surface area contributed by atoms with E-state index < -0.39 is 0 Å². The van der Waals surface area contributed by atoms with Crippen LogP contribution in [0.4, 0.5) is 15.8 Å². The van der Waals surface area contributed by atoms with Gasteiger partial charge in [0.25, 0.3) is 0 Å². The van der Waals surface area contributed by atoms with Crippen molar-refractivity contribution >= 4 is 23.2 Å². The molecule has 0 saturated carbocycles. The maximum atomic E-state index is 13.1. The fourth-order valence-corrected chi connectivity index (χ4v) is 3.19. The molecule has 6 heteroatoms. The van der Waals surface area contributed by atoms with Gasteiger partial charge in [0, 0.05) is 24.5 Å². The van der Waals surface area contributed by atoms with Crippen LogP contribution in [0.2, 0.25) is 0 Å². The number of carbonyl (C=O) groups is 2. The topological polar surface area (TPSA) is 61.4 Å². The van der Waals surface area contributed by atoms with Gasteiger partial charge < -0.3 is 15.5 Å². The van der Waals surface area contributed by atoms with Crippen molar-refractivity contribution in [3.63, 3.8) is 0 Å². The first-order valence-electron chi connectivity index (χ1n) is 9.26. The van der Waals surface area contributed by atoms with E-state index in [-0.39, 0.29) is 30.6 Å². The van der Waals surface area contributed by atoms with Gasteiger partial charge in [-0.1, -0.05) is 12.1 Å². The van der Waals surface area contributed by atoms with Crippen LogP contribution in [0.5, 0.6) is 0 Å². The molecular weight excluding hydrogens is 345 g/mol. The van der Waals surface area contributed by atoms with E-state index in [2.05, 4.69) is 15.5 Å². The van der Waals surface area contributed by atoms with E-state index in [4.69, 9.17) is 0 Å². The molecular formula is C21H24FN3O2. The van der Waals surface area contributed by atoms with Crippen LogP contribution < -0.4 is 15.5 Å². The van der Waals surface area contributed by atoms with E-state index >= 15 is 0 Å². The summed E-state index contributed by atoms with van der Waals surface area (Å²) in [6.07, 6.45) is 3.76. The Labute approximate surface area is 158 Å². The second kappa shape index (κ2) is 9.16. The number of nitrogens with zero attached hydrogens (tertiary/aromatic N) is 1. The number of nitrogens with one attached hydrogen (secondary N) is 2. The van der Waals surface area contributed by atoms with Crippen molar-refractivity contribution in [2.75, 3.05) is 29.9 Å². The van der Waals surface area contributed by atoms with E-state index in [9.17, 15) is 14.0 Å². The number of piperidine rings is 1. The number of amides is 2. The molecule has 1 aliphatic heterocycles. The van der Waals surface area contributed by atoms with Crippen LogP contribution in [0.1, 0.15) is 24.8 Å². The number of rotatable bonds is 6. The molecule has 27 heavy (non-hydrogen) atoms. The third kappa shape index (κ3) is 5.81. The SMILES string of the molecule is O=C(Cc1cccc(F)c1)NCC(=O)Nc1ccc(N2CCCCC2)cc1. The zero-order valence-electron chi connectivity index (χ0n) is 15.2. The first-order chi connectivity index (χ1) is 13.1. The van der Waals surface area contributed by atoms with E-state index in [1.54, 1.807) is 12.1 Å². The van der Waals surface area contributed by atoms with Crippen molar-refractivity contribution in [1.29, 1.82) is 0 Å². The van der Waals surface area contributed by atoms with Gasteiger partial charge in [-0.3, -0.25) is 9.59 Å². The summed E-state index contributed by atoms with van der Waals surface area (Å²) < 4.78 is 13.1. The second-order valence-electron chi connectivity index (χ2n) is 6.73. The zero-order chi connectivity index (χ0) is 19.1. The minimum absolute atomic E-state index is 0.0373. The average molecular weight is 369 g/mol. The molecule has 0 aliphatic carbocycles. The molecule has 2 aromatic carbocycles. The highest BCUT2D eigenvalue weighted by Crippen LogP contribution is 2.21. The van der Waals surface area contributed by atoms with E-state index in [1.807, 2.05) is 24.3 Å². The number of hydrogen-bond acceptors (Lipinski definition) is 3. The lowest BCUT2D eigenvalue weighted by Gasteiger charge is -2.28. The number of halogens is 1. The number of carbonyl (C=O) groups excluding carboxylic acids is 2. The smallest absolute Gasteiger partial charge is 0.243 e. The standard InChI is InChI=1S/C21H24FN3O2/c22-17-6-4-5-16(13-17)14-20(26)23-15-21(27)24-18-7-9-19(10-8-18)25-11-2-1-3-12-25/h4-10,13H,1-3,11-12,14-15H2,(H,23,26)(H,24,27). The molecule has 1 heterocycles. The maximum Gasteiger partial charge on any atom is 0.243 e. The van der Waals surface area contributed by atoms with E-state index in [0.717, 1.165) is 18.8 Å². The summed E-state index contributed by atoms with van der Waals surface area (Å²) in [5.41, 5.74) is 2.43. The van der Waals surface area contributed by atoms with Gasteiger partial charge in [0.2, 0.25) is 11.8 Å². The van der Waals surface area contributed by atoms with Crippen LogP contribution in [0.3, 0.4) is 0 Å². The highest BCUT2D eigenvalue weighted by molar-refractivity contribution is 5.94. The third-order valence-corrected chi connectivity index (χ3v) is 4.57. The van der Waals surface area contributed by atoms with E-state index in [0.29, 0.717) is 11.3 Å². The van der Waals surface area contributed by atoms with Crippen molar-refractivity contribution < 1.29 is 14.0 Å². The molecule has 2 N–H and O–H groups in total. The van der Waals surface area contributed by atoms with Gasteiger partial charge in [-0.2, -0.15) is 0 Å². The Kier molecular flexibility index (Phi) is 6.41. The van der Waals surface area contributed by atoms with E-state index in [1.165, 1.54) is 31.4 Å². The molecule has 2 aromatic rings. The monoisotopic (exact) mass is 369 g/mol. The Morgan fingerprint density at radius 3 is 2.41 bits per heavy atom. The fraction of sp³-hybridized carbons (Fsp3) is 0.333. The summed E-state index contributed by atoms with van der Waals surface area (Å²) in [6, 6.07) is 13.6. The van der Waals surface area contributed by atoms with Crippen molar-refractivity contribution in [1.82, 2.24) is 5.32 Å². The largest absolute Gasteiger partial charge is 0.372 e. The molecule has 5 nitrogen and oxygen atoms in total. The molecule has 0 spiro atoms. The third-order valence-electron chi connectivity index (χ3n) is 4.57. The van der Waals surface area contributed by atoms with Crippen LogP contribution in [-0.4, -0.2) is 31.4 Å². The predicted molar refractivity (Wildman–Crippen MR) is 104 cm³/mol. The van der Waals surface area contributed by atoms with Gasteiger partial charge in [0.15, 0.2) is 0 Å². The Morgan fingerprint density at radius 2 is 1.70 bits per heavy atom. The molecule has 1 saturated heterocycles. The van der Waals surface area contributed by atoms with Crippen LogP contribution in [0, 0.1) is 5.82 Å². The molecule has 1 aliphatic rings. The molecule has 0 aromatic heterocycles. The maximum absolute atomic E-state index is 13.1. The average Bonchev–Trinajstić information content (AvgIpc) is 2.68. The van der Waals surface area contributed by atoms with Gasteiger partial charge in [-0.05, 0) is 61.2 Å². The van der Waals surface area contributed by atoms with Crippen LogP contribution in [0.25, 0.3) is 0 Å². The molecule has 1 fully saturated rings. The van der Waals surface area contributed by atoms with Gasteiger partial charge >= 0.3 is 0 Å². The molecule has 3 rings (SSSR count). The number of hydrogen-bond donors (Lipinski definition) is 2. The van der Waals surface area contributed by atoms with Crippen LogP contribution >= 0.6 is 0 Å². The summed E-state index contributed by atoms with van der Waals surface area (Å²) in [5, 5.41) is 5.32. The summed E-state index contributed by atoms with van der Waals surface area (Å²) in [4.78, 5) is 26.2. The van der Waals surface area contributed by atoms with Crippen LogP contribution in [-0.2, 0) is 16.0 Å². The summed E-state index contributed by atoms with van der Waals surface area (Å²) in [7, 11) is 0. The first kappa shape index (κ1) is 18.9. The first-order valence-corrected chi connectivity index (χ1v) is 9.26. The molecule has 0 unspecified atom stereocenters. The normalized spacial score (nSPS) is 13.9. The molecule has 0 bridgehead atoms. The lowest BCUT2D eigenvalue weighted by Crippen LogP contribution is -2.33. The Hall–Kier alpha value is -2.89. The predicted octanol–water partition coefficient (Wildman–Crippen LogP) is 3.11. The number of benzene rings is 2. The highest BCUT2D eigenvalue weighted by atomic mass is 19.1. The number of anilines is 2. The minimum atomic E-state index is -0.383. The zero-order valence-corrected chi connectivity index (χ0v) is 15.2. The highest BCUT2D eigenvalue weighted by Gasteiger charge is 2.11. The summed E-state index contributed by atoms with van der Waals surface area (Å²) in [5.74, 6) is -1.00. The Bertz CT molecular complexity index is 786. The molecule has 0 radical (unpaired) electrons. The lowest BCUT2D eigenvalue weighted by atomic mass is 10.1. The minimum Gasteiger partial charge on any atom is -0.372 e. The van der Waals surface area contributed by atoms with Gasteiger partial charge in [0.1, 0.15) is 5.82 Å². The molecule has 2 amide bonds. The van der Waals surface area contributed by atoms with Crippen molar-refractivity contribution in [3.05, 3.63) is 59.9 Å². The molecule has 0 atom stereocenters. The van der Waals surface area contributed by atoms with Gasteiger partial charge in [-0.15, -0.1) is 0 Å². The second-order valence-corrected chi connectivity index (χ2v) is 6.73. The van der Waals surface area contributed by atoms with Crippen molar-refractivity contribution in [3.8, 4) is 0 Å². The van der Waals surface area contributed by atoms with Crippen molar-refractivity contribution in [2.45, 2.75) is 25.7 Å².